The molecule has 0 spiro atoms. The lowest BCUT2D eigenvalue weighted by molar-refractivity contribution is 0.683. The van der Waals surface area contributed by atoms with E-state index in [-0.39, 0.29) is 11.6 Å². The van der Waals surface area contributed by atoms with Crippen LogP contribution in [-0.2, 0) is 7.05 Å². The standard InChI is InChI=1S/C9H15BrN4O/c1-3-6(4-11)13-7-5-12-14(2)9(15)8(7)10/h5-6,13H,3-4,11H2,1-2H3. The second-order valence-corrected chi connectivity index (χ2v) is 4.08. The van der Waals surface area contributed by atoms with Gasteiger partial charge in [0, 0.05) is 19.6 Å². The quantitative estimate of drug-likeness (QED) is 0.848. The van der Waals surface area contributed by atoms with Gasteiger partial charge in [0.2, 0.25) is 0 Å². The van der Waals surface area contributed by atoms with E-state index in [4.69, 9.17) is 5.73 Å². The van der Waals surface area contributed by atoms with Crippen LogP contribution in [0.5, 0.6) is 0 Å². The molecule has 0 saturated heterocycles. The molecule has 0 bridgehead atoms. The molecular formula is C9H15BrN4O. The molecule has 1 aromatic rings. The van der Waals surface area contributed by atoms with Gasteiger partial charge in [-0.05, 0) is 22.4 Å². The Morgan fingerprint density at radius 3 is 2.93 bits per heavy atom. The van der Waals surface area contributed by atoms with Gasteiger partial charge in [-0.3, -0.25) is 4.79 Å². The van der Waals surface area contributed by atoms with Crippen LogP contribution in [0.1, 0.15) is 13.3 Å². The Balaban J connectivity index is 2.96. The highest BCUT2D eigenvalue weighted by Crippen LogP contribution is 2.17. The molecule has 3 N–H and O–H groups in total. The SMILES string of the molecule is CCC(CN)Nc1cnn(C)c(=O)c1Br. The summed E-state index contributed by atoms with van der Waals surface area (Å²) in [5.74, 6) is 0. The minimum Gasteiger partial charge on any atom is -0.379 e. The molecule has 6 heteroatoms. The second-order valence-electron chi connectivity index (χ2n) is 3.29. The van der Waals surface area contributed by atoms with Crippen LogP contribution in [0.4, 0.5) is 5.69 Å². The molecule has 15 heavy (non-hydrogen) atoms. The molecule has 1 atom stereocenters. The zero-order valence-corrected chi connectivity index (χ0v) is 10.4. The molecule has 0 aromatic carbocycles. The Morgan fingerprint density at radius 2 is 2.40 bits per heavy atom. The van der Waals surface area contributed by atoms with Crippen molar-refractivity contribution in [2.24, 2.45) is 12.8 Å². The van der Waals surface area contributed by atoms with Crippen LogP contribution in [0, 0.1) is 0 Å². The number of anilines is 1. The molecule has 0 fully saturated rings. The van der Waals surface area contributed by atoms with Gasteiger partial charge in [0.1, 0.15) is 4.47 Å². The zero-order chi connectivity index (χ0) is 11.4. The van der Waals surface area contributed by atoms with E-state index in [1.165, 1.54) is 4.68 Å². The minimum atomic E-state index is -0.160. The molecule has 1 unspecified atom stereocenters. The van der Waals surface area contributed by atoms with E-state index in [0.29, 0.717) is 16.7 Å². The summed E-state index contributed by atoms with van der Waals surface area (Å²) < 4.78 is 1.77. The van der Waals surface area contributed by atoms with Gasteiger partial charge in [-0.25, -0.2) is 4.68 Å². The maximum Gasteiger partial charge on any atom is 0.282 e. The molecule has 1 heterocycles. The number of hydrogen-bond acceptors (Lipinski definition) is 4. The van der Waals surface area contributed by atoms with Gasteiger partial charge in [-0.1, -0.05) is 6.92 Å². The Bertz CT molecular complexity index is 386. The van der Waals surface area contributed by atoms with Gasteiger partial charge in [0.05, 0.1) is 11.9 Å². The van der Waals surface area contributed by atoms with Gasteiger partial charge < -0.3 is 11.1 Å². The normalized spacial score (nSPS) is 12.5. The van der Waals surface area contributed by atoms with Crippen molar-refractivity contribution < 1.29 is 0 Å². The molecule has 0 aliphatic rings. The number of nitrogens with one attached hydrogen (secondary N) is 1. The maximum absolute atomic E-state index is 11.5. The van der Waals surface area contributed by atoms with Crippen LogP contribution in [-0.4, -0.2) is 22.4 Å². The Hall–Kier alpha value is -0.880. The summed E-state index contributed by atoms with van der Waals surface area (Å²) in [6.45, 7) is 2.56. The van der Waals surface area contributed by atoms with E-state index < -0.39 is 0 Å². The summed E-state index contributed by atoms with van der Waals surface area (Å²) in [6.07, 6.45) is 2.52. The van der Waals surface area contributed by atoms with E-state index >= 15 is 0 Å². The Kier molecular flexibility index (Phi) is 4.28. The largest absolute Gasteiger partial charge is 0.379 e. The molecule has 1 aromatic heterocycles. The highest BCUT2D eigenvalue weighted by molar-refractivity contribution is 9.10. The lowest BCUT2D eigenvalue weighted by Crippen LogP contribution is -2.30. The molecule has 0 radical (unpaired) electrons. The van der Waals surface area contributed by atoms with Crippen molar-refractivity contribution in [2.45, 2.75) is 19.4 Å². The Labute approximate surface area is 96.8 Å². The van der Waals surface area contributed by atoms with Crippen molar-refractivity contribution >= 4 is 21.6 Å². The molecule has 0 saturated carbocycles. The van der Waals surface area contributed by atoms with E-state index in [1.807, 2.05) is 6.92 Å². The topological polar surface area (TPSA) is 72.9 Å². The molecule has 0 aliphatic carbocycles. The smallest absolute Gasteiger partial charge is 0.282 e. The van der Waals surface area contributed by atoms with Gasteiger partial charge in [0.25, 0.3) is 5.56 Å². The summed E-state index contributed by atoms with van der Waals surface area (Å²) in [6, 6.07) is 0.162. The third-order valence-electron chi connectivity index (χ3n) is 2.22. The second kappa shape index (κ2) is 5.27. The molecule has 5 nitrogen and oxygen atoms in total. The predicted molar refractivity (Wildman–Crippen MR) is 63.9 cm³/mol. The Morgan fingerprint density at radius 1 is 1.73 bits per heavy atom. The van der Waals surface area contributed by atoms with Crippen molar-refractivity contribution in [3.63, 3.8) is 0 Å². The lowest BCUT2D eigenvalue weighted by Gasteiger charge is -2.16. The van der Waals surface area contributed by atoms with Crippen LogP contribution in [0.15, 0.2) is 15.5 Å². The van der Waals surface area contributed by atoms with Gasteiger partial charge in [0.15, 0.2) is 0 Å². The minimum absolute atomic E-state index is 0.160. The fraction of sp³-hybridized carbons (Fsp3) is 0.556. The van der Waals surface area contributed by atoms with Crippen molar-refractivity contribution in [2.75, 3.05) is 11.9 Å². The number of nitrogens with two attached hydrogens (primary N) is 1. The molecule has 0 amide bonds. The number of aromatic nitrogens is 2. The number of hydrogen-bond donors (Lipinski definition) is 2. The lowest BCUT2D eigenvalue weighted by atomic mass is 10.2. The van der Waals surface area contributed by atoms with Crippen molar-refractivity contribution in [1.29, 1.82) is 0 Å². The molecular weight excluding hydrogens is 260 g/mol. The van der Waals surface area contributed by atoms with E-state index in [1.54, 1.807) is 13.2 Å². The monoisotopic (exact) mass is 274 g/mol. The fourth-order valence-electron chi connectivity index (χ4n) is 1.16. The van der Waals surface area contributed by atoms with E-state index in [2.05, 4.69) is 26.3 Å². The third-order valence-corrected chi connectivity index (χ3v) is 2.98. The van der Waals surface area contributed by atoms with Crippen LogP contribution >= 0.6 is 15.9 Å². The van der Waals surface area contributed by atoms with Crippen LogP contribution < -0.4 is 16.6 Å². The van der Waals surface area contributed by atoms with Crippen LogP contribution in [0.2, 0.25) is 0 Å². The average Bonchev–Trinajstić information content (AvgIpc) is 2.25. The summed E-state index contributed by atoms with van der Waals surface area (Å²) in [4.78, 5) is 11.5. The highest BCUT2D eigenvalue weighted by atomic mass is 79.9. The molecule has 84 valence electrons. The fourth-order valence-corrected chi connectivity index (χ4v) is 1.63. The molecule has 0 aliphatic heterocycles. The first-order valence-electron chi connectivity index (χ1n) is 4.78. The summed E-state index contributed by atoms with van der Waals surface area (Å²) in [5.41, 5.74) is 6.10. The van der Waals surface area contributed by atoms with Crippen molar-refractivity contribution in [1.82, 2.24) is 9.78 Å². The molecule has 1 rings (SSSR count). The highest BCUT2D eigenvalue weighted by Gasteiger charge is 2.10. The predicted octanol–water partition coefficient (Wildman–Crippen LogP) is 0.692. The first-order valence-corrected chi connectivity index (χ1v) is 5.57. The van der Waals surface area contributed by atoms with Gasteiger partial charge in [-0.2, -0.15) is 5.10 Å². The number of halogens is 1. The van der Waals surface area contributed by atoms with Gasteiger partial charge in [-0.15, -0.1) is 0 Å². The maximum atomic E-state index is 11.5. The summed E-state index contributed by atoms with van der Waals surface area (Å²) in [7, 11) is 1.61. The number of nitrogens with zero attached hydrogens (tertiary/aromatic N) is 2. The van der Waals surface area contributed by atoms with E-state index in [0.717, 1.165) is 6.42 Å². The first-order chi connectivity index (χ1) is 7.10. The van der Waals surface area contributed by atoms with Crippen molar-refractivity contribution in [3.05, 3.63) is 21.0 Å². The average molecular weight is 275 g/mol. The van der Waals surface area contributed by atoms with Crippen molar-refractivity contribution in [3.8, 4) is 0 Å². The first kappa shape index (κ1) is 12.2. The number of rotatable bonds is 4. The van der Waals surface area contributed by atoms with Crippen LogP contribution in [0.25, 0.3) is 0 Å². The number of aryl methyl sites for hydroxylation is 1. The zero-order valence-electron chi connectivity index (χ0n) is 8.83. The van der Waals surface area contributed by atoms with Crippen LogP contribution in [0.3, 0.4) is 0 Å². The van der Waals surface area contributed by atoms with Gasteiger partial charge >= 0.3 is 0 Å². The summed E-state index contributed by atoms with van der Waals surface area (Å²) >= 11 is 3.24. The third kappa shape index (κ3) is 2.79. The van der Waals surface area contributed by atoms with E-state index in [9.17, 15) is 4.79 Å². The summed E-state index contributed by atoms with van der Waals surface area (Å²) in [5, 5.41) is 7.10.